The lowest BCUT2D eigenvalue weighted by Gasteiger charge is -2.30. The molecular formula is C22H22ClFN4O3. The van der Waals surface area contributed by atoms with Gasteiger partial charge in [0.15, 0.2) is 0 Å². The second-order valence-electron chi connectivity index (χ2n) is 7.03. The first-order valence-electron chi connectivity index (χ1n) is 9.92. The van der Waals surface area contributed by atoms with Gasteiger partial charge in [-0.15, -0.1) is 0 Å². The summed E-state index contributed by atoms with van der Waals surface area (Å²) >= 11 is 5.93. The van der Waals surface area contributed by atoms with Crippen molar-refractivity contribution >= 4 is 45.5 Å². The molecule has 1 fully saturated rings. The van der Waals surface area contributed by atoms with Crippen LogP contribution in [0, 0.1) is 5.82 Å². The van der Waals surface area contributed by atoms with Gasteiger partial charge in [-0.1, -0.05) is 11.6 Å². The highest BCUT2D eigenvalue weighted by Gasteiger charge is 2.21. The summed E-state index contributed by atoms with van der Waals surface area (Å²) in [6.07, 6.45) is 1.42. The molecule has 1 amide bonds. The molecule has 2 heterocycles. The zero-order valence-electron chi connectivity index (χ0n) is 17.0. The van der Waals surface area contributed by atoms with Crippen molar-refractivity contribution < 1.29 is 18.7 Å². The number of nitrogens with two attached hydrogens (primary N) is 1. The van der Waals surface area contributed by atoms with Crippen LogP contribution in [-0.4, -0.2) is 43.8 Å². The van der Waals surface area contributed by atoms with Gasteiger partial charge in [-0.05, 0) is 31.2 Å². The molecule has 3 N–H and O–H groups in total. The van der Waals surface area contributed by atoms with E-state index in [-0.39, 0.29) is 10.6 Å². The number of nitrogens with zero attached hydrogens (tertiary/aromatic N) is 2. The first-order valence-corrected chi connectivity index (χ1v) is 10.3. The summed E-state index contributed by atoms with van der Waals surface area (Å²) in [7, 11) is 0. The average molecular weight is 445 g/mol. The molecule has 0 spiro atoms. The summed E-state index contributed by atoms with van der Waals surface area (Å²) in [5, 5.41) is 3.82. The van der Waals surface area contributed by atoms with E-state index in [0.717, 1.165) is 5.69 Å². The Labute approximate surface area is 183 Å². The zero-order chi connectivity index (χ0) is 22.0. The van der Waals surface area contributed by atoms with Gasteiger partial charge in [0.2, 0.25) is 0 Å². The second kappa shape index (κ2) is 8.95. The van der Waals surface area contributed by atoms with Crippen molar-refractivity contribution in [3.8, 4) is 5.75 Å². The molecule has 9 heteroatoms. The van der Waals surface area contributed by atoms with E-state index in [1.165, 1.54) is 24.4 Å². The Bertz CT molecular complexity index is 1140. The van der Waals surface area contributed by atoms with E-state index >= 15 is 0 Å². The van der Waals surface area contributed by atoms with Gasteiger partial charge in [0.05, 0.1) is 47.3 Å². The van der Waals surface area contributed by atoms with Crippen LogP contribution in [0.25, 0.3) is 10.9 Å². The Hall–Kier alpha value is -3.10. The van der Waals surface area contributed by atoms with Gasteiger partial charge in [0, 0.05) is 36.4 Å². The third kappa shape index (κ3) is 4.35. The van der Waals surface area contributed by atoms with Crippen LogP contribution in [0.1, 0.15) is 17.3 Å². The van der Waals surface area contributed by atoms with E-state index in [0.29, 0.717) is 60.9 Å². The number of ether oxygens (including phenoxy) is 2. The fourth-order valence-electron chi connectivity index (χ4n) is 3.57. The molecule has 31 heavy (non-hydrogen) atoms. The fraction of sp³-hybridized carbons (Fsp3) is 0.273. The number of pyridine rings is 1. The number of aromatic nitrogens is 1. The molecule has 0 aliphatic carbocycles. The quantitative estimate of drug-likeness (QED) is 0.594. The van der Waals surface area contributed by atoms with Crippen LogP contribution < -0.4 is 20.7 Å². The molecular weight excluding hydrogens is 423 g/mol. The minimum absolute atomic E-state index is 0.0309. The van der Waals surface area contributed by atoms with E-state index < -0.39 is 11.7 Å². The average Bonchev–Trinajstić information content (AvgIpc) is 2.76. The fourth-order valence-corrected chi connectivity index (χ4v) is 3.75. The number of hydrogen-bond acceptors (Lipinski definition) is 6. The van der Waals surface area contributed by atoms with Gasteiger partial charge < -0.3 is 25.4 Å². The lowest BCUT2D eigenvalue weighted by Crippen LogP contribution is -2.36. The normalized spacial score (nSPS) is 14.0. The van der Waals surface area contributed by atoms with Gasteiger partial charge in [0.25, 0.3) is 5.91 Å². The maximum Gasteiger partial charge on any atom is 0.252 e. The van der Waals surface area contributed by atoms with Crippen LogP contribution in [0.4, 0.5) is 21.5 Å². The molecule has 1 saturated heterocycles. The van der Waals surface area contributed by atoms with E-state index in [1.807, 2.05) is 19.1 Å². The van der Waals surface area contributed by atoms with Crippen molar-refractivity contribution in [3.63, 3.8) is 0 Å². The summed E-state index contributed by atoms with van der Waals surface area (Å²) in [6, 6.07) is 8.02. The third-order valence-electron chi connectivity index (χ3n) is 5.05. The Morgan fingerprint density at radius 1 is 1.32 bits per heavy atom. The number of nitrogens with one attached hydrogen (secondary N) is 1. The SMILES string of the molecule is CCOc1cc2ncc(C(N)=O)c(Nc3ccc(F)c(Cl)c3)c2cc1N1CCOCC1. The van der Waals surface area contributed by atoms with Crippen molar-refractivity contribution in [2.24, 2.45) is 5.73 Å². The molecule has 0 bridgehead atoms. The maximum absolute atomic E-state index is 13.6. The molecule has 3 aromatic rings. The molecule has 4 rings (SSSR count). The highest BCUT2D eigenvalue weighted by atomic mass is 35.5. The first-order chi connectivity index (χ1) is 15.0. The van der Waals surface area contributed by atoms with Crippen molar-refractivity contribution in [1.82, 2.24) is 4.98 Å². The second-order valence-corrected chi connectivity index (χ2v) is 7.44. The third-order valence-corrected chi connectivity index (χ3v) is 5.34. The molecule has 0 saturated carbocycles. The number of fused-ring (bicyclic) bond motifs is 1. The van der Waals surface area contributed by atoms with Crippen LogP contribution in [0.15, 0.2) is 36.5 Å². The van der Waals surface area contributed by atoms with Gasteiger partial charge in [-0.3, -0.25) is 9.78 Å². The van der Waals surface area contributed by atoms with E-state index in [2.05, 4.69) is 15.2 Å². The van der Waals surface area contributed by atoms with Crippen LogP contribution in [0.3, 0.4) is 0 Å². The van der Waals surface area contributed by atoms with Crippen LogP contribution in [-0.2, 0) is 4.74 Å². The number of amides is 1. The lowest BCUT2D eigenvalue weighted by atomic mass is 10.1. The Morgan fingerprint density at radius 2 is 2.10 bits per heavy atom. The molecule has 1 aromatic heterocycles. The molecule has 7 nitrogen and oxygen atoms in total. The summed E-state index contributed by atoms with van der Waals surface area (Å²) in [4.78, 5) is 18.7. The van der Waals surface area contributed by atoms with Gasteiger partial charge in [0.1, 0.15) is 11.6 Å². The summed E-state index contributed by atoms with van der Waals surface area (Å²) < 4.78 is 24.9. The Balaban J connectivity index is 1.89. The molecule has 0 unspecified atom stereocenters. The number of primary amides is 1. The number of anilines is 3. The minimum Gasteiger partial charge on any atom is -0.492 e. The number of carbonyl (C=O) groups excluding carboxylic acids is 1. The van der Waals surface area contributed by atoms with Crippen molar-refractivity contribution in [2.45, 2.75) is 6.92 Å². The molecule has 0 radical (unpaired) electrons. The highest BCUT2D eigenvalue weighted by molar-refractivity contribution is 6.31. The zero-order valence-corrected chi connectivity index (χ0v) is 17.7. The molecule has 1 aliphatic heterocycles. The molecule has 162 valence electrons. The number of halogens is 2. The van der Waals surface area contributed by atoms with Gasteiger partial charge in [-0.25, -0.2) is 4.39 Å². The predicted octanol–water partition coefficient (Wildman–Crippen LogP) is 4.11. The summed E-state index contributed by atoms with van der Waals surface area (Å²) in [5.41, 5.74) is 8.32. The maximum atomic E-state index is 13.6. The largest absolute Gasteiger partial charge is 0.492 e. The standard InChI is InChI=1S/C22H22ClFN4O3/c1-2-31-20-11-18-14(10-19(20)28-5-7-30-8-6-28)21(15(12-26-18)22(25)29)27-13-3-4-17(24)16(23)9-13/h3-4,9-12H,2,5-8H2,1H3,(H2,25,29)(H,26,27). The highest BCUT2D eigenvalue weighted by Crippen LogP contribution is 2.38. The van der Waals surface area contributed by atoms with Crippen LogP contribution >= 0.6 is 11.6 Å². The van der Waals surface area contributed by atoms with E-state index in [4.69, 9.17) is 26.8 Å². The molecule has 0 atom stereocenters. The van der Waals surface area contributed by atoms with Crippen LogP contribution in [0.2, 0.25) is 5.02 Å². The number of carbonyl (C=O) groups is 1. The monoisotopic (exact) mass is 444 g/mol. The van der Waals surface area contributed by atoms with Crippen LogP contribution in [0.5, 0.6) is 5.75 Å². The minimum atomic E-state index is -0.632. The number of hydrogen-bond donors (Lipinski definition) is 2. The number of benzene rings is 2. The van der Waals surface area contributed by atoms with E-state index in [1.54, 1.807) is 0 Å². The Morgan fingerprint density at radius 3 is 2.77 bits per heavy atom. The van der Waals surface area contributed by atoms with Crippen molar-refractivity contribution in [1.29, 1.82) is 0 Å². The molecule has 2 aromatic carbocycles. The van der Waals surface area contributed by atoms with Gasteiger partial charge >= 0.3 is 0 Å². The van der Waals surface area contributed by atoms with Gasteiger partial charge in [-0.2, -0.15) is 0 Å². The summed E-state index contributed by atoms with van der Waals surface area (Å²) in [6.45, 7) is 5.07. The number of rotatable bonds is 6. The van der Waals surface area contributed by atoms with Crippen molar-refractivity contribution in [2.75, 3.05) is 43.1 Å². The number of morpholine rings is 1. The molecule has 1 aliphatic rings. The Kier molecular flexibility index (Phi) is 6.11. The lowest BCUT2D eigenvalue weighted by molar-refractivity contribution is 0.100. The topological polar surface area (TPSA) is 89.7 Å². The summed E-state index contributed by atoms with van der Waals surface area (Å²) in [5.74, 6) is -0.461. The smallest absolute Gasteiger partial charge is 0.252 e. The first kappa shape index (κ1) is 21.1. The van der Waals surface area contributed by atoms with Crippen molar-refractivity contribution in [3.05, 3.63) is 52.9 Å². The van der Waals surface area contributed by atoms with E-state index in [9.17, 15) is 9.18 Å². The predicted molar refractivity (Wildman–Crippen MR) is 119 cm³/mol.